The Kier molecular flexibility index (Phi) is 13.0. The first-order valence-corrected chi connectivity index (χ1v) is 19.3. The van der Waals surface area contributed by atoms with Crippen molar-refractivity contribution in [3.05, 3.63) is 58.1 Å². The SMILES string of the molecule is CN(C)C(=O)COC(=O)CN1CC(N2CCN(C(=O)[C@@H](Cc3cc(Cl)c(N)c(C(F)(F)F)c3)OC(=O)N3CCC(N4CCc5ccccc5NC4=O)CC3)CC2)C1. The van der Waals surface area contributed by atoms with Gasteiger partial charge in [-0.1, -0.05) is 29.8 Å². The zero-order valence-electron chi connectivity index (χ0n) is 31.9. The number of amides is 5. The van der Waals surface area contributed by atoms with E-state index in [0.29, 0.717) is 52.0 Å². The standard InChI is InChI=1S/C38H48ClF3N8O7/c1-45(2)32(51)23-56-33(52)22-46-20-27(21-46)47-13-15-48(16-14-47)35(53)31(19-24-17-28(38(40,41)42)34(43)29(39)18-24)57-37(55)49-10-8-26(9-11-49)50-12-7-25-5-3-4-6-30(25)44-36(50)54/h3-6,17-18,26-27,31H,7-16,19-23,43H2,1-2H3,(H,44,54)/t31-/m1/s1. The number of nitrogens with zero attached hydrogens (tertiary/aromatic N) is 6. The van der Waals surface area contributed by atoms with Crippen LogP contribution in [0.4, 0.5) is 34.1 Å². The molecule has 3 N–H and O–H groups in total. The fourth-order valence-corrected chi connectivity index (χ4v) is 7.87. The molecular formula is C38H48ClF3N8O7. The number of hydrogen-bond donors (Lipinski definition) is 2. The third kappa shape index (κ3) is 10.2. The summed E-state index contributed by atoms with van der Waals surface area (Å²) in [5.41, 5.74) is 5.70. The molecule has 0 bridgehead atoms. The molecule has 57 heavy (non-hydrogen) atoms. The Hall–Kier alpha value is -4.81. The second-order valence-electron chi connectivity index (χ2n) is 15.0. The van der Waals surface area contributed by atoms with Crippen LogP contribution in [0.5, 0.6) is 0 Å². The number of hydrogen-bond acceptors (Lipinski definition) is 10. The van der Waals surface area contributed by atoms with E-state index in [9.17, 15) is 37.1 Å². The number of anilines is 2. The van der Waals surface area contributed by atoms with Gasteiger partial charge in [0.2, 0.25) is 0 Å². The third-order valence-corrected chi connectivity index (χ3v) is 11.3. The van der Waals surface area contributed by atoms with Crippen molar-refractivity contribution in [2.75, 3.05) is 97.2 Å². The number of piperidine rings is 1. The molecule has 4 aliphatic heterocycles. The second-order valence-corrected chi connectivity index (χ2v) is 15.4. The van der Waals surface area contributed by atoms with Crippen LogP contribution in [0.1, 0.15) is 29.5 Å². The highest BCUT2D eigenvalue weighted by Crippen LogP contribution is 2.38. The van der Waals surface area contributed by atoms with E-state index in [-0.39, 0.29) is 80.4 Å². The molecule has 19 heteroatoms. The second kappa shape index (κ2) is 17.8. The molecule has 1 atom stereocenters. The maximum absolute atomic E-state index is 14.1. The Bertz CT molecular complexity index is 1830. The largest absolute Gasteiger partial charge is 0.455 e. The number of nitrogens with one attached hydrogen (secondary N) is 1. The molecule has 2 aromatic rings. The summed E-state index contributed by atoms with van der Waals surface area (Å²) in [5, 5.41) is 2.64. The number of para-hydroxylation sites is 1. The first-order valence-electron chi connectivity index (χ1n) is 18.9. The number of fused-ring (bicyclic) bond motifs is 1. The number of benzene rings is 2. The van der Waals surface area contributed by atoms with Crippen LogP contribution in [0.2, 0.25) is 5.02 Å². The average Bonchev–Trinajstić information content (AvgIpc) is 3.33. The van der Waals surface area contributed by atoms with Gasteiger partial charge in [0.1, 0.15) is 0 Å². The molecule has 5 amide bonds. The molecule has 0 unspecified atom stereocenters. The highest BCUT2D eigenvalue weighted by molar-refractivity contribution is 6.33. The number of carbonyl (C=O) groups is 5. The maximum Gasteiger partial charge on any atom is 0.418 e. The Balaban J connectivity index is 1.06. The van der Waals surface area contributed by atoms with E-state index in [1.54, 1.807) is 19.0 Å². The molecule has 4 heterocycles. The van der Waals surface area contributed by atoms with Gasteiger partial charge in [0, 0.05) is 97.2 Å². The maximum atomic E-state index is 14.1. The van der Waals surface area contributed by atoms with E-state index in [1.807, 2.05) is 29.2 Å². The summed E-state index contributed by atoms with van der Waals surface area (Å²) < 4.78 is 52.5. The minimum Gasteiger partial charge on any atom is -0.455 e. The molecule has 6 rings (SSSR count). The van der Waals surface area contributed by atoms with Crippen molar-refractivity contribution in [2.45, 2.75) is 50.0 Å². The van der Waals surface area contributed by atoms with E-state index in [0.717, 1.165) is 17.3 Å². The number of nitrogens with two attached hydrogens (primary N) is 1. The summed E-state index contributed by atoms with van der Waals surface area (Å²) in [6, 6.07) is 9.47. The first-order chi connectivity index (χ1) is 27.1. The number of urea groups is 1. The topological polar surface area (TPSA) is 161 Å². The molecule has 0 aromatic heterocycles. The van der Waals surface area contributed by atoms with Crippen LogP contribution < -0.4 is 11.1 Å². The number of rotatable bonds is 10. The summed E-state index contributed by atoms with van der Waals surface area (Å²) in [5.74, 6) is -1.36. The Labute approximate surface area is 333 Å². The molecule has 0 radical (unpaired) electrons. The number of likely N-dealkylation sites (N-methyl/N-ethyl adjacent to an activating group) is 1. The van der Waals surface area contributed by atoms with E-state index in [4.69, 9.17) is 26.8 Å². The van der Waals surface area contributed by atoms with Crippen LogP contribution in [0.15, 0.2) is 36.4 Å². The molecule has 310 valence electrons. The van der Waals surface area contributed by atoms with Crippen LogP contribution in [0.3, 0.4) is 0 Å². The minimum absolute atomic E-state index is 0.0253. The number of ether oxygens (including phenoxy) is 2. The lowest BCUT2D eigenvalue weighted by atomic mass is 10.0. The summed E-state index contributed by atoms with van der Waals surface area (Å²) in [7, 11) is 3.15. The smallest absolute Gasteiger partial charge is 0.418 e. The number of piperazine rings is 1. The molecule has 2 aromatic carbocycles. The van der Waals surface area contributed by atoms with Gasteiger partial charge < -0.3 is 40.1 Å². The average molecular weight is 821 g/mol. The highest BCUT2D eigenvalue weighted by Gasteiger charge is 2.40. The van der Waals surface area contributed by atoms with Crippen LogP contribution in [-0.4, -0.2) is 164 Å². The van der Waals surface area contributed by atoms with Crippen molar-refractivity contribution in [3.8, 4) is 0 Å². The van der Waals surface area contributed by atoms with E-state index in [1.165, 1.54) is 20.8 Å². The van der Waals surface area contributed by atoms with Gasteiger partial charge in [-0.15, -0.1) is 0 Å². The van der Waals surface area contributed by atoms with Crippen LogP contribution in [0.25, 0.3) is 0 Å². The van der Waals surface area contributed by atoms with Crippen LogP contribution >= 0.6 is 11.6 Å². The van der Waals surface area contributed by atoms with Crippen molar-refractivity contribution in [3.63, 3.8) is 0 Å². The molecule has 0 spiro atoms. The number of carbonyl (C=O) groups excluding carboxylic acids is 5. The van der Waals surface area contributed by atoms with Gasteiger partial charge >= 0.3 is 24.3 Å². The van der Waals surface area contributed by atoms with Crippen molar-refractivity contribution < 1.29 is 46.6 Å². The monoisotopic (exact) mass is 820 g/mol. The number of halogens is 4. The van der Waals surface area contributed by atoms with Gasteiger partial charge in [0.05, 0.1) is 22.8 Å². The van der Waals surface area contributed by atoms with Crippen LogP contribution in [-0.2, 0) is 42.9 Å². The Morgan fingerprint density at radius 2 is 1.65 bits per heavy atom. The molecule has 15 nitrogen and oxygen atoms in total. The molecule has 0 saturated carbocycles. The van der Waals surface area contributed by atoms with E-state index >= 15 is 0 Å². The molecule has 3 fully saturated rings. The van der Waals surface area contributed by atoms with Crippen LogP contribution in [0, 0.1) is 0 Å². The summed E-state index contributed by atoms with van der Waals surface area (Å²) >= 11 is 6.11. The highest BCUT2D eigenvalue weighted by atomic mass is 35.5. The fraction of sp³-hybridized carbons (Fsp3) is 0.553. The van der Waals surface area contributed by atoms with Gasteiger partial charge in [-0.05, 0) is 48.6 Å². The molecular weight excluding hydrogens is 773 g/mol. The summed E-state index contributed by atoms with van der Waals surface area (Å²) in [6.45, 7) is 3.46. The molecule has 0 aliphatic carbocycles. The Morgan fingerprint density at radius 3 is 2.32 bits per heavy atom. The van der Waals surface area contributed by atoms with Gasteiger partial charge in [0.15, 0.2) is 12.7 Å². The molecule has 3 saturated heterocycles. The quantitative estimate of drug-likeness (QED) is 0.270. The van der Waals surface area contributed by atoms with Crippen molar-refractivity contribution in [1.29, 1.82) is 0 Å². The number of nitrogen functional groups attached to an aromatic ring is 1. The van der Waals surface area contributed by atoms with Gasteiger partial charge in [-0.25, -0.2) is 9.59 Å². The van der Waals surface area contributed by atoms with Crippen molar-refractivity contribution >= 4 is 52.9 Å². The fourth-order valence-electron chi connectivity index (χ4n) is 7.63. The van der Waals surface area contributed by atoms with E-state index < -0.39 is 41.5 Å². The number of alkyl halides is 3. The number of likely N-dealkylation sites (tertiary alicyclic amines) is 2. The summed E-state index contributed by atoms with van der Waals surface area (Å²) in [4.78, 5) is 74.9. The lowest BCUT2D eigenvalue weighted by Crippen LogP contribution is -2.64. The lowest BCUT2D eigenvalue weighted by Gasteiger charge is -2.48. The molecule has 4 aliphatic rings. The number of esters is 1. The normalized spacial score (nSPS) is 19.2. The van der Waals surface area contributed by atoms with Crippen molar-refractivity contribution in [2.24, 2.45) is 0 Å². The predicted octanol–water partition coefficient (Wildman–Crippen LogP) is 3.00. The van der Waals surface area contributed by atoms with Gasteiger partial charge in [-0.3, -0.25) is 24.2 Å². The van der Waals surface area contributed by atoms with E-state index in [2.05, 4.69) is 10.2 Å². The van der Waals surface area contributed by atoms with Gasteiger partial charge in [-0.2, -0.15) is 13.2 Å². The Morgan fingerprint density at radius 1 is 0.965 bits per heavy atom. The zero-order valence-corrected chi connectivity index (χ0v) is 32.7. The van der Waals surface area contributed by atoms with Gasteiger partial charge in [0.25, 0.3) is 11.8 Å². The predicted molar refractivity (Wildman–Crippen MR) is 203 cm³/mol. The zero-order chi connectivity index (χ0) is 41.0. The third-order valence-electron chi connectivity index (χ3n) is 11.0. The first kappa shape index (κ1) is 41.8. The van der Waals surface area contributed by atoms with Crippen molar-refractivity contribution in [1.82, 2.24) is 29.4 Å². The minimum atomic E-state index is -4.81. The summed E-state index contributed by atoms with van der Waals surface area (Å²) in [6.07, 6.45) is -5.80. The lowest BCUT2D eigenvalue weighted by molar-refractivity contribution is -0.154.